The molecule has 3 heteroatoms. The van der Waals surface area contributed by atoms with Crippen molar-refractivity contribution in [2.24, 2.45) is 4.99 Å². The predicted molar refractivity (Wildman–Crippen MR) is 54.2 cm³/mol. The van der Waals surface area contributed by atoms with Crippen molar-refractivity contribution in [3.05, 3.63) is 35.9 Å². The Bertz CT molecular complexity index is 321. The summed E-state index contributed by atoms with van der Waals surface area (Å²) in [6.07, 6.45) is 0.418. The zero-order valence-corrected chi connectivity index (χ0v) is 8.14. The van der Waals surface area contributed by atoms with Gasteiger partial charge in [0.1, 0.15) is 12.6 Å². The van der Waals surface area contributed by atoms with Gasteiger partial charge in [0, 0.05) is 0 Å². The molecule has 1 aromatic rings. The van der Waals surface area contributed by atoms with Crippen molar-refractivity contribution in [3.63, 3.8) is 0 Å². The summed E-state index contributed by atoms with van der Waals surface area (Å²) >= 11 is 0. The first-order valence-corrected chi connectivity index (χ1v) is 4.78. The van der Waals surface area contributed by atoms with Crippen LogP contribution in [0.25, 0.3) is 0 Å². The molecule has 3 nitrogen and oxygen atoms in total. The van der Waals surface area contributed by atoms with Crippen molar-refractivity contribution < 1.29 is 9.47 Å². The van der Waals surface area contributed by atoms with Gasteiger partial charge in [0.15, 0.2) is 0 Å². The predicted octanol–water partition coefficient (Wildman–Crippen LogP) is 2.15. The van der Waals surface area contributed by atoms with Crippen molar-refractivity contribution in [3.8, 4) is 0 Å². The molecule has 1 unspecified atom stereocenters. The minimum Gasteiger partial charge on any atom is -0.451 e. The van der Waals surface area contributed by atoms with Crippen LogP contribution < -0.4 is 0 Å². The van der Waals surface area contributed by atoms with Gasteiger partial charge in [-0.3, -0.25) is 0 Å². The molecule has 1 heterocycles. The van der Waals surface area contributed by atoms with E-state index < -0.39 is 0 Å². The molecule has 0 radical (unpaired) electrons. The zero-order valence-electron chi connectivity index (χ0n) is 8.14. The van der Waals surface area contributed by atoms with E-state index in [9.17, 15) is 0 Å². The highest BCUT2D eigenvalue weighted by Gasteiger charge is 2.20. The van der Waals surface area contributed by atoms with E-state index in [0.717, 1.165) is 0 Å². The molecule has 0 spiro atoms. The van der Waals surface area contributed by atoms with Crippen LogP contribution in [0.3, 0.4) is 0 Å². The Labute approximate surface area is 83.4 Å². The van der Waals surface area contributed by atoms with Crippen LogP contribution in [0.2, 0.25) is 0 Å². The number of benzene rings is 1. The molecule has 0 fully saturated rings. The maximum Gasteiger partial charge on any atom is 0.384 e. The van der Waals surface area contributed by atoms with Gasteiger partial charge in [-0.15, -0.1) is 0 Å². The Balaban J connectivity index is 2.08. The molecule has 14 heavy (non-hydrogen) atoms. The number of ether oxygens (including phenoxy) is 2. The highest BCUT2D eigenvalue weighted by molar-refractivity contribution is 5.69. The van der Waals surface area contributed by atoms with Gasteiger partial charge in [-0.25, -0.2) is 4.99 Å². The van der Waals surface area contributed by atoms with E-state index in [0.29, 0.717) is 19.3 Å². The van der Waals surface area contributed by atoms with Gasteiger partial charge in [0.05, 0.1) is 6.61 Å². The Morgan fingerprint density at radius 2 is 2.21 bits per heavy atom. The molecule has 0 bridgehead atoms. The third-order valence-corrected chi connectivity index (χ3v) is 2.08. The van der Waals surface area contributed by atoms with Crippen molar-refractivity contribution in [1.82, 2.24) is 0 Å². The van der Waals surface area contributed by atoms with Crippen LogP contribution in [0.5, 0.6) is 0 Å². The lowest BCUT2D eigenvalue weighted by atomic mass is 10.1. The summed E-state index contributed by atoms with van der Waals surface area (Å²) in [4.78, 5) is 4.32. The molecule has 0 aliphatic carbocycles. The first-order valence-electron chi connectivity index (χ1n) is 4.78. The molecule has 0 N–H and O–H groups in total. The Kier molecular flexibility index (Phi) is 2.68. The zero-order chi connectivity index (χ0) is 9.80. The van der Waals surface area contributed by atoms with Crippen LogP contribution in [0.15, 0.2) is 35.3 Å². The summed E-state index contributed by atoms with van der Waals surface area (Å²) < 4.78 is 10.5. The quantitative estimate of drug-likeness (QED) is 0.717. The van der Waals surface area contributed by atoms with Gasteiger partial charge < -0.3 is 9.47 Å². The van der Waals surface area contributed by atoms with E-state index in [1.807, 2.05) is 37.3 Å². The van der Waals surface area contributed by atoms with Gasteiger partial charge in [-0.1, -0.05) is 30.3 Å². The third-order valence-electron chi connectivity index (χ3n) is 2.08. The van der Waals surface area contributed by atoms with Crippen LogP contribution in [-0.2, 0) is 9.47 Å². The number of hydrogen-bond donors (Lipinski definition) is 0. The number of nitrogens with zero attached hydrogens (tertiary/aromatic N) is 1. The molecule has 0 aromatic heterocycles. The van der Waals surface area contributed by atoms with Crippen LogP contribution >= 0.6 is 0 Å². The van der Waals surface area contributed by atoms with Crippen LogP contribution in [0, 0.1) is 0 Å². The van der Waals surface area contributed by atoms with E-state index in [1.54, 1.807) is 0 Å². The molecule has 1 aliphatic rings. The average molecular weight is 191 g/mol. The van der Waals surface area contributed by atoms with Gasteiger partial charge in [0.2, 0.25) is 0 Å². The second kappa shape index (κ2) is 4.13. The fourth-order valence-corrected chi connectivity index (χ4v) is 1.40. The maximum absolute atomic E-state index is 5.29. The first-order chi connectivity index (χ1) is 6.90. The lowest BCUT2D eigenvalue weighted by molar-refractivity contribution is 0.193. The molecule has 0 amide bonds. The molecule has 1 aliphatic heterocycles. The van der Waals surface area contributed by atoms with Crippen molar-refractivity contribution in [1.29, 1.82) is 0 Å². The summed E-state index contributed by atoms with van der Waals surface area (Å²) in [5.41, 5.74) is 1.17. The van der Waals surface area contributed by atoms with E-state index in [-0.39, 0.29) is 6.04 Å². The fourth-order valence-electron chi connectivity index (χ4n) is 1.40. The number of hydrogen-bond acceptors (Lipinski definition) is 3. The van der Waals surface area contributed by atoms with Crippen molar-refractivity contribution in [2.75, 3.05) is 13.2 Å². The molecule has 1 atom stereocenters. The number of rotatable bonds is 2. The summed E-state index contributed by atoms with van der Waals surface area (Å²) in [5, 5.41) is 0. The van der Waals surface area contributed by atoms with E-state index in [4.69, 9.17) is 9.47 Å². The van der Waals surface area contributed by atoms with Crippen LogP contribution in [0.1, 0.15) is 18.5 Å². The Morgan fingerprint density at radius 3 is 2.93 bits per heavy atom. The first kappa shape index (κ1) is 9.06. The highest BCUT2D eigenvalue weighted by Crippen LogP contribution is 2.22. The lowest BCUT2D eigenvalue weighted by Crippen LogP contribution is -2.03. The van der Waals surface area contributed by atoms with Gasteiger partial charge in [0.25, 0.3) is 0 Å². The molecule has 74 valence electrons. The van der Waals surface area contributed by atoms with Crippen LogP contribution in [-0.4, -0.2) is 19.3 Å². The third kappa shape index (κ3) is 1.87. The second-order valence-corrected chi connectivity index (χ2v) is 3.07. The summed E-state index contributed by atoms with van der Waals surface area (Å²) in [6.45, 7) is 3.10. The standard InChI is InChI=1S/C11H13NO2/c1-2-13-11-12-10(8-14-11)9-6-4-3-5-7-9/h3-7,10H,2,8H2,1H3. The summed E-state index contributed by atoms with van der Waals surface area (Å²) in [5.74, 6) is 0. The fraction of sp³-hybridized carbons (Fsp3) is 0.364. The van der Waals surface area contributed by atoms with Gasteiger partial charge in [-0.05, 0) is 12.5 Å². The molecular formula is C11H13NO2. The average Bonchev–Trinajstić information content (AvgIpc) is 2.68. The van der Waals surface area contributed by atoms with Crippen molar-refractivity contribution >= 4 is 6.08 Å². The minimum absolute atomic E-state index is 0.0951. The number of aliphatic imine (C=N–C) groups is 1. The highest BCUT2D eigenvalue weighted by atomic mass is 16.7. The normalized spacial score (nSPS) is 20.1. The topological polar surface area (TPSA) is 30.8 Å². The van der Waals surface area contributed by atoms with Gasteiger partial charge in [-0.2, -0.15) is 0 Å². The van der Waals surface area contributed by atoms with Crippen molar-refractivity contribution in [2.45, 2.75) is 13.0 Å². The van der Waals surface area contributed by atoms with E-state index in [2.05, 4.69) is 4.99 Å². The monoisotopic (exact) mass is 191 g/mol. The van der Waals surface area contributed by atoms with Crippen LogP contribution in [0.4, 0.5) is 0 Å². The molecule has 1 aromatic carbocycles. The van der Waals surface area contributed by atoms with E-state index >= 15 is 0 Å². The summed E-state index contributed by atoms with van der Waals surface area (Å²) in [6, 6.07) is 10.2. The molecule has 0 saturated carbocycles. The molecule has 0 saturated heterocycles. The van der Waals surface area contributed by atoms with Gasteiger partial charge >= 0.3 is 6.08 Å². The minimum atomic E-state index is 0.0951. The maximum atomic E-state index is 5.29. The Hall–Kier alpha value is -1.51. The second-order valence-electron chi connectivity index (χ2n) is 3.07. The molecule has 2 rings (SSSR count). The van der Waals surface area contributed by atoms with E-state index in [1.165, 1.54) is 5.56 Å². The lowest BCUT2D eigenvalue weighted by Gasteiger charge is -2.02. The smallest absolute Gasteiger partial charge is 0.384 e. The summed E-state index contributed by atoms with van der Waals surface area (Å²) in [7, 11) is 0. The Morgan fingerprint density at radius 1 is 1.43 bits per heavy atom. The largest absolute Gasteiger partial charge is 0.451 e. The molecular weight excluding hydrogens is 178 g/mol. The SMILES string of the molecule is CCOC1=NC(c2ccccc2)CO1.